The Bertz CT molecular complexity index is 812. The summed E-state index contributed by atoms with van der Waals surface area (Å²) in [7, 11) is 2.45. The van der Waals surface area contributed by atoms with Crippen LogP contribution < -0.4 is 0 Å². The first-order chi connectivity index (χ1) is 12.4. The summed E-state index contributed by atoms with van der Waals surface area (Å²) in [6.45, 7) is 0. The number of rotatable bonds is 5. The van der Waals surface area contributed by atoms with Gasteiger partial charge in [-0.15, -0.1) is 0 Å². The Morgan fingerprint density at radius 3 is 1.46 bits per heavy atom. The molecule has 0 aliphatic carbocycles. The molecule has 2 aromatic carbocycles. The Kier molecular flexibility index (Phi) is 6.38. The van der Waals surface area contributed by atoms with E-state index in [9.17, 15) is 18.4 Å². The molecule has 0 N–H and O–H groups in total. The SMILES string of the molecule is COC(=O)/C=C/c1ccc(-c2ccc(/C=C/C(=O)OC)c(F)c2)cc1F. The van der Waals surface area contributed by atoms with Crippen molar-refractivity contribution in [2.45, 2.75) is 0 Å². The number of carbonyl (C=O) groups is 2. The molecule has 0 saturated heterocycles. The summed E-state index contributed by atoms with van der Waals surface area (Å²) in [5.41, 5.74) is 1.36. The van der Waals surface area contributed by atoms with Gasteiger partial charge in [0.2, 0.25) is 0 Å². The standard InChI is InChI=1S/C20H16F2O4/c1-25-19(23)9-7-13-3-5-15(11-17(13)21)16-6-4-14(18(22)12-16)8-10-20(24)26-2/h3-12H,1-2H3/b9-7+,10-8+. The second kappa shape index (κ2) is 8.71. The van der Waals surface area contributed by atoms with Crippen LogP contribution in [0.3, 0.4) is 0 Å². The van der Waals surface area contributed by atoms with Crippen molar-refractivity contribution in [2.75, 3.05) is 14.2 Å². The van der Waals surface area contributed by atoms with E-state index >= 15 is 0 Å². The van der Waals surface area contributed by atoms with Crippen molar-refractivity contribution < 1.29 is 27.8 Å². The summed E-state index contributed by atoms with van der Waals surface area (Å²) in [5, 5.41) is 0. The molecular weight excluding hydrogens is 342 g/mol. The molecule has 0 bridgehead atoms. The number of carbonyl (C=O) groups excluding carboxylic acids is 2. The quantitative estimate of drug-likeness (QED) is 0.599. The van der Waals surface area contributed by atoms with Gasteiger partial charge in [0.25, 0.3) is 0 Å². The lowest BCUT2D eigenvalue weighted by Crippen LogP contribution is -1.94. The average Bonchev–Trinajstić information content (AvgIpc) is 2.65. The van der Waals surface area contributed by atoms with Crippen LogP contribution in [0.1, 0.15) is 11.1 Å². The number of halogens is 2. The maximum Gasteiger partial charge on any atom is 0.330 e. The minimum atomic E-state index is -0.592. The Balaban J connectivity index is 2.26. The van der Waals surface area contributed by atoms with Crippen molar-refractivity contribution in [3.05, 3.63) is 71.3 Å². The molecule has 4 nitrogen and oxygen atoms in total. The fourth-order valence-electron chi connectivity index (χ4n) is 2.14. The molecule has 0 aliphatic rings. The first kappa shape index (κ1) is 19.1. The van der Waals surface area contributed by atoms with E-state index in [1.54, 1.807) is 12.1 Å². The van der Waals surface area contributed by atoms with Crippen LogP contribution in [0.5, 0.6) is 0 Å². The molecule has 2 rings (SSSR count). The van der Waals surface area contributed by atoms with Crippen LogP contribution in [0.15, 0.2) is 48.6 Å². The summed E-state index contributed by atoms with van der Waals surface area (Å²) in [4.78, 5) is 22.1. The molecule has 0 aliphatic heterocycles. The highest BCUT2D eigenvalue weighted by Gasteiger charge is 2.07. The Hall–Kier alpha value is -3.28. The lowest BCUT2D eigenvalue weighted by atomic mass is 10.0. The predicted molar refractivity (Wildman–Crippen MR) is 93.9 cm³/mol. The van der Waals surface area contributed by atoms with Crippen LogP contribution in [0.4, 0.5) is 8.78 Å². The lowest BCUT2D eigenvalue weighted by molar-refractivity contribution is -0.135. The van der Waals surface area contributed by atoms with E-state index in [2.05, 4.69) is 9.47 Å². The van der Waals surface area contributed by atoms with Gasteiger partial charge in [-0.3, -0.25) is 0 Å². The lowest BCUT2D eigenvalue weighted by Gasteiger charge is -2.06. The zero-order valence-electron chi connectivity index (χ0n) is 14.2. The van der Waals surface area contributed by atoms with Crippen molar-refractivity contribution in [3.8, 4) is 11.1 Å². The van der Waals surface area contributed by atoms with Crippen molar-refractivity contribution in [1.29, 1.82) is 0 Å². The van der Waals surface area contributed by atoms with Crippen molar-refractivity contribution >= 4 is 24.1 Å². The van der Waals surface area contributed by atoms with Crippen LogP contribution in [0.2, 0.25) is 0 Å². The van der Waals surface area contributed by atoms with Gasteiger partial charge in [-0.05, 0) is 35.4 Å². The van der Waals surface area contributed by atoms with Crippen LogP contribution in [0, 0.1) is 11.6 Å². The zero-order valence-corrected chi connectivity index (χ0v) is 14.2. The minimum Gasteiger partial charge on any atom is -0.466 e. The van der Waals surface area contributed by atoms with Crippen LogP contribution in [0.25, 0.3) is 23.3 Å². The third-order valence-electron chi connectivity index (χ3n) is 3.53. The highest BCUT2D eigenvalue weighted by molar-refractivity contribution is 5.87. The summed E-state index contributed by atoms with van der Waals surface area (Å²) in [6, 6.07) is 8.67. The highest BCUT2D eigenvalue weighted by Crippen LogP contribution is 2.25. The predicted octanol–water partition coefficient (Wildman–Crippen LogP) is 4.00. The molecule has 0 radical (unpaired) electrons. The molecule has 0 aromatic heterocycles. The van der Waals surface area contributed by atoms with Gasteiger partial charge in [0.05, 0.1) is 14.2 Å². The molecule has 0 atom stereocenters. The fraction of sp³-hybridized carbons (Fsp3) is 0.100. The second-order valence-corrected chi connectivity index (χ2v) is 5.19. The van der Waals surface area contributed by atoms with E-state index in [4.69, 9.17) is 0 Å². The smallest absolute Gasteiger partial charge is 0.330 e. The summed E-state index contributed by atoms with van der Waals surface area (Å²) in [5.74, 6) is -2.30. The monoisotopic (exact) mass is 358 g/mol. The van der Waals surface area contributed by atoms with E-state index < -0.39 is 23.6 Å². The molecule has 26 heavy (non-hydrogen) atoms. The van der Waals surface area contributed by atoms with Crippen LogP contribution >= 0.6 is 0 Å². The van der Waals surface area contributed by atoms with E-state index in [0.717, 1.165) is 12.2 Å². The van der Waals surface area contributed by atoms with E-state index in [1.165, 1.54) is 50.6 Å². The van der Waals surface area contributed by atoms with Crippen molar-refractivity contribution in [3.63, 3.8) is 0 Å². The molecule has 0 heterocycles. The van der Waals surface area contributed by atoms with E-state index in [1.807, 2.05) is 0 Å². The van der Waals surface area contributed by atoms with Gasteiger partial charge in [-0.2, -0.15) is 0 Å². The molecule has 0 fully saturated rings. The summed E-state index contributed by atoms with van der Waals surface area (Å²) < 4.78 is 37.2. The van der Waals surface area contributed by atoms with Gasteiger partial charge >= 0.3 is 11.9 Å². The molecule has 0 saturated carbocycles. The molecule has 0 spiro atoms. The Morgan fingerprint density at radius 2 is 1.15 bits per heavy atom. The third kappa shape index (κ3) is 4.86. The van der Waals surface area contributed by atoms with Gasteiger partial charge in [-0.1, -0.05) is 24.3 Å². The van der Waals surface area contributed by atoms with Gasteiger partial charge in [0.15, 0.2) is 0 Å². The molecule has 134 valence electrons. The number of hydrogen-bond acceptors (Lipinski definition) is 4. The molecule has 6 heteroatoms. The van der Waals surface area contributed by atoms with Gasteiger partial charge in [0, 0.05) is 23.3 Å². The number of methoxy groups -OCH3 is 2. The van der Waals surface area contributed by atoms with Crippen LogP contribution in [-0.2, 0) is 19.1 Å². The highest BCUT2D eigenvalue weighted by atomic mass is 19.1. The normalized spacial score (nSPS) is 11.1. The number of benzene rings is 2. The average molecular weight is 358 g/mol. The van der Waals surface area contributed by atoms with E-state index in [-0.39, 0.29) is 11.1 Å². The summed E-state index contributed by atoms with van der Waals surface area (Å²) >= 11 is 0. The first-order valence-corrected chi connectivity index (χ1v) is 7.56. The van der Waals surface area contributed by atoms with Gasteiger partial charge < -0.3 is 9.47 Å². The topological polar surface area (TPSA) is 52.6 Å². The number of hydrogen-bond donors (Lipinski definition) is 0. The van der Waals surface area contributed by atoms with Crippen molar-refractivity contribution in [2.24, 2.45) is 0 Å². The zero-order chi connectivity index (χ0) is 19.1. The van der Waals surface area contributed by atoms with Crippen LogP contribution in [-0.4, -0.2) is 26.2 Å². The molecule has 0 amide bonds. The molecule has 0 unspecified atom stereocenters. The fourth-order valence-corrected chi connectivity index (χ4v) is 2.14. The summed E-state index contributed by atoms with van der Waals surface area (Å²) in [6.07, 6.45) is 4.82. The molecule has 2 aromatic rings. The third-order valence-corrected chi connectivity index (χ3v) is 3.53. The van der Waals surface area contributed by atoms with Crippen molar-refractivity contribution in [1.82, 2.24) is 0 Å². The largest absolute Gasteiger partial charge is 0.466 e. The van der Waals surface area contributed by atoms with Gasteiger partial charge in [0.1, 0.15) is 11.6 Å². The number of ether oxygens (including phenoxy) is 2. The first-order valence-electron chi connectivity index (χ1n) is 7.56. The second-order valence-electron chi connectivity index (χ2n) is 5.19. The number of esters is 2. The maximum absolute atomic E-state index is 14.2. The Morgan fingerprint density at radius 1 is 0.769 bits per heavy atom. The minimum absolute atomic E-state index is 0.206. The Labute approximate surface area is 149 Å². The van der Waals surface area contributed by atoms with Gasteiger partial charge in [-0.25, -0.2) is 18.4 Å². The maximum atomic E-state index is 14.2. The van der Waals surface area contributed by atoms with E-state index in [0.29, 0.717) is 11.1 Å². The molecular formula is C20H16F2O4.